The van der Waals surface area contributed by atoms with Gasteiger partial charge in [0.1, 0.15) is 11.5 Å². The summed E-state index contributed by atoms with van der Waals surface area (Å²) in [6, 6.07) is 3.52. The van der Waals surface area contributed by atoms with Gasteiger partial charge in [-0.2, -0.15) is 0 Å². The molecule has 0 N–H and O–H groups in total. The van der Waals surface area contributed by atoms with Crippen LogP contribution in [-0.4, -0.2) is 11.9 Å². The second kappa shape index (κ2) is 16.5. The maximum absolute atomic E-state index is 11.6. The summed E-state index contributed by atoms with van der Waals surface area (Å²) < 4.78 is 10.7. The average molecular weight is 487 g/mol. The second-order valence-corrected chi connectivity index (χ2v) is 11.0. The summed E-state index contributed by atoms with van der Waals surface area (Å²) >= 11 is 0. The van der Waals surface area contributed by atoms with Gasteiger partial charge in [-0.25, -0.2) is 0 Å². The fourth-order valence-electron chi connectivity index (χ4n) is 4.57. The van der Waals surface area contributed by atoms with Crippen molar-refractivity contribution in [1.82, 2.24) is 0 Å². The zero-order valence-electron chi connectivity index (χ0n) is 23.7. The van der Waals surface area contributed by atoms with Gasteiger partial charge in [0.25, 0.3) is 0 Å². The molecular formula is C31H50O4. The number of aryl methyl sites for hydroxylation is 1. The lowest BCUT2D eigenvalue weighted by Crippen LogP contribution is -2.07. The van der Waals surface area contributed by atoms with E-state index in [0.717, 1.165) is 35.3 Å². The van der Waals surface area contributed by atoms with E-state index >= 15 is 0 Å². The molecule has 0 aliphatic rings. The first kappa shape index (κ1) is 30.9. The van der Waals surface area contributed by atoms with Crippen molar-refractivity contribution in [2.75, 3.05) is 0 Å². The Morgan fingerprint density at radius 1 is 0.800 bits per heavy atom. The highest BCUT2D eigenvalue weighted by atomic mass is 16.5. The second-order valence-electron chi connectivity index (χ2n) is 11.0. The minimum atomic E-state index is -0.364. The predicted molar refractivity (Wildman–Crippen MR) is 146 cm³/mol. The molecule has 1 aromatic carbocycles. The molecule has 0 fully saturated rings. The maximum Gasteiger partial charge on any atom is 0.308 e. The normalized spacial score (nSPS) is 13.6. The summed E-state index contributed by atoms with van der Waals surface area (Å²) in [5.41, 5.74) is 2.97. The minimum Gasteiger partial charge on any atom is -0.427 e. The molecule has 0 spiro atoms. The molecule has 0 aromatic heterocycles. The molecule has 1 aromatic rings. The number of carbonyl (C=O) groups is 2. The number of hydrogen-bond acceptors (Lipinski definition) is 4. The highest BCUT2D eigenvalue weighted by Crippen LogP contribution is 2.31. The Morgan fingerprint density at radius 3 is 1.89 bits per heavy atom. The molecule has 2 atom stereocenters. The number of benzene rings is 1. The largest absolute Gasteiger partial charge is 0.427 e. The van der Waals surface area contributed by atoms with Gasteiger partial charge < -0.3 is 9.47 Å². The molecule has 0 heterocycles. The van der Waals surface area contributed by atoms with E-state index in [2.05, 4.69) is 40.7 Å². The van der Waals surface area contributed by atoms with Gasteiger partial charge in [-0.05, 0) is 68.6 Å². The van der Waals surface area contributed by atoms with Crippen LogP contribution >= 0.6 is 0 Å². The van der Waals surface area contributed by atoms with Gasteiger partial charge in [0.05, 0.1) is 0 Å². The summed E-state index contributed by atoms with van der Waals surface area (Å²) in [7, 11) is 0. The van der Waals surface area contributed by atoms with Crippen LogP contribution in [-0.2, 0) is 16.0 Å². The molecule has 0 unspecified atom stereocenters. The van der Waals surface area contributed by atoms with E-state index in [1.165, 1.54) is 70.8 Å². The minimum absolute atomic E-state index is 0.353. The van der Waals surface area contributed by atoms with E-state index in [9.17, 15) is 9.59 Å². The lowest BCUT2D eigenvalue weighted by atomic mass is 9.91. The molecule has 198 valence electrons. The van der Waals surface area contributed by atoms with Crippen LogP contribution in [0.15, 0.2) is 23.8 Å². The van der Waals surface area contributed by atoms with E-state index < -0.39 is 0 Å². The zero-order valence-corrected chi connectivity index (χ0v) is 23.7. The predicted octanol–water partition coefficient (Wildman–Crippen LogP) is 8.77. The Bertz CT molecular complexity index is 822. The Morgan fingerprint density at radius 2 is 1.34 bits per heavy atom. The molecule has 0 amide bonds. The number of allylic oxidation sites excluding steroid dienone is 2. The highest BCUT2D eigenvalue weighted by molar-refractivity contribution is 5.72. The Hall–Kier alpha value is -2.10. The van der Waals surface area contributed by atoms with Crippen LogP contribution < -0.4 is 9.47 Å². The zero-order chi connectivity index (χ0) is 26.4. The summed E-state index contributed by atoms with van der Waals surface area (Å²) in [6.07, 6.45) is 14.5. The van der Waals surface area contributed by atoms with Crippen molar-refractivity contribution >= 4 is 11.9 Å². The third-order valence-corrected chi connectivity index (χ3v) is 6.64. The molecule has 35 heavy (non-hydrogen) atoms. The van der Waals surface area contributed by atoms with E-state index in [1.54, 1.807) is 12.1 Å². The number of ether oxygens (including phenoxy) is 2. The van der Waals surface area contributed by atoms with Gasteiger partial charge >= 0.3 is 11.9 Å². The van der Waals surface area contributed by atoms with Crippen LogP contribution in [0.3, 0.4) is 0 Å². The number of hydrogen-bond donors (Lipinski definition) is 0. The molecule has 0 radical (unpaired) electrons. The maximum atomic E-state index is 11.6. The fourth-order valence-corrected chi connectivity index (χ4v) is 4.57. The SMILES string of the molecule is CC(=O)Oc1cc(C)c(OC(C)=O)c(CC=C(C)CCC[C@@H](C)CCC[C@@H](C)CCCC(C)C)c1. The Balaban J connectivity index is 2.50. The van der Waals surface area contributed by atoms with Crippen LogP contribution in [0.4, 0.5) is 0 Å². The van der Waals surface area contributed by atoms with Crippen LogP contribution in [0.25, 0.3) is 0 Å². The van der Waals surface area contributed by atoms with Gasteiger partial charge in [0.2, 0.25) is 0 Å². The van der Waals surface area contributed by atoms with Crippen molar-refractivity contribution < 1.29 is 19.1 Å². The van der Waals surface area contributed by atoms with E-state index in [0.29, 0.717) is 17.9 Å². The van der Waals surface area contributed by atoms with Crippen LogP contribution in [0.5, 0.6) is 11.5 Å². The molecule has 0 saturated heterocycles. The van der Waals surface area contributed by atoms with Crippen LogP contribution in [0.2, 0.25) is 0 Å². The fraction of sp³-hybridized carbons (Fsp3) is 0.677. The Kier molecular flexibility index (Phi) is 14.6. The van der Waals surface area contributed by atoms with Crippen molar-refractivity contribution in [3.8, 4) is 11.5 Å². The van der Waals surface area contributed by atoms with Crippen LogP contribution in [0.1, 0.15) is 117 Å². The molecule has 1 rings (SSSR count). The molecule has 0 saturated carbocycles. The van der Waals surface area contributed by atoms with E-state index in [1.807, 2.05) is 6.92 Å². The molecular weight excluding hydrogens is 436 g/mol. The average Bonchev–Trinajstić information content (AvgIpc) is 2.73. The monoisotopic (exact) mass is 486 g/mol. The first-order chi connectivity index (χ1) is 16.5. The summed E-state index contributed by atoms with van der Waals surface area (Å²) in [5.74, 6) is 2.77. The number of esters is 2. The highest BCUT2D eigenvalue weighted by Gasteiger charge is 2.13. The van der Waals surface area contributed by atoms with Gasteiger partial charge in [0, 0.05) is 19.4 Å². The first-order valence-electron chi connectivity index (χ1n) is 13.6. The molecule has 0 bridgehead atoms. The quantitative estimate of drug-likeness (QED) is 0.133. The van der Waals surface area contributed by atoms with Crippen molar-refractivity contribution in [2.24, 2.45) is 17.8 Å². The van der Waals surface area contributed by atoms with Gasteiger partial charge in [-0.15, -0.1) is 0 Å². The summed E-state index contributed by atoms with van der Waals surface area (Å²) in [5, 5.41) is 0. The van der Waals surface area contributed by atoms with Gasteiger partial charge in [-0.1, -0.05) is 84.3 Å². The van der Waals surface area contributed by atoms with Crippen molar-refractivity contribution in [2.45, 2.75) is 120 Å². The lowest BCUT2D eigenvalue weighted by Gasteiger charge is -2.15. The standard InChI is InChI=1S/C31H50O4/c1-22(2)12-9-13-23(3)14-10-15-24(4)16-11-17-25(5)18-19-29-21-30(34-27(7)32)20-26(6)31(29)35-28(8)33/h18,20-24H,9-17,19H2,1-8H3/t23-,24-/m0/s1. The molecule has 4 heteroatoms. The van der Waals surface area contributed by atoms with Crippen LogP contribution in [0, 0.1) is 24.7 Å². The topological polar surface area (TPSA) is 52.6 Å². The smallest absolute Gasteiger partial charge is 0.308 e. The molecule has 0 aliphatic heterocycles. The third kappa shape index (κ3) is 14.1. The van der Waals surface area contributed by atoms with Gasteiger partial charge in [0.15, 0.2) is 0 Å². The molecule has 0 aliphatic carbocycles. The van der Waals surface area contributed by atoms with Crippen molar-refractivity contribution in [3.05, 3.63) is 34.9 Å². The van der Waals surface area contributed by atoms with Crippen molar-refractivity contribution in [3.63, 3.8) is 0 Å². The summed E-state index contributed by atoms with van der Waals surface area (Å²) in [6.45, 7) is 16.2. The number of rotatable bonds is 16. The number of carbonyl (C=O) groups excluding carboxylic acids is 2. The van der Waals surface area contributed by atoms with Crippen molar-refractivity contribution in [1.29, 1.82) is 0 Å². The molecule has 4 nitrogen and oxygen atoms in total. The van der Waals surface area contributed by atoms with E-state index in [4.69, 9.17) is 9.47 Å². The van der Waals surface area contributed by atoms with Gasteiger partial charge in [-0.3, -0.25) is 9.59 Å². The lowest BCUT2D eigenvalue weighted by molar-refractivity contribution is -0.133. The summed E-state index contributed by atoms with van der Waals surface area (Å²) in [4.78, 5) is 23.0. The third-order valence-electron chi connectivity index (χ3n) is 6.64. The Labute approximate surface area is 214 Å². The van der Waals surface area contributed by atoms with E-state index in [-0.39, 0.29) is 11.9 Å². The first-order valence-corrected chi connectivity index (χ1v) is 13.6.